The molecule has 2 aliphatic heterocycles. The van der Waals surface area contributed by atoms with Crippen LogP contribution in [0.2, 0.25) is 0 Å². The molecule has 0 N–H and O–H groups in total. The van der Waals surface area contributed by atoms with Gasteiger partial charge in [-0.25, -0.2) is 0 Å². The fourth-order valence-corrected chi connectivity index (χ4v) is 9.31. The van der Waals surface area contributed by atoms with Crippen LogP contribution in [0, 0.1) is 0 Å². The number of rotatable bonds is 9. The minimum atomic E-state index is -0.196. The van der Waals surface area contributed by atoms with Crippen LogP contribution in [0.5, 0.6) is 5.75 Å². The molecule has 4 nitrogen and oxygen atoms in total. The van der Waals surface area contributed by atoms with Crippen LogP contribution in [0.25, 0.3) is 0 Å². The van der Waals surface area contributed by atoms with E-state index in [1.165, 1.54) is 44.9 Å². The van der Waals surface area contributed by atoms with Gasteiger partial charge in [-0.05, 0) is 0 Å². The summed E-state index contributed by atoms with van der Waals surface area (Å²) >= 11 is -0.196. The van der Waals surface area contributed by atoms with E-state index in [4.69, 9.17) is 4.74 Å². The van der Waals surface area contributed by atoms with Gasteiger partial charge in [-0.2, -0.15) is 0 Å². The van der Waals surface area contributed by atoms with E-state index in [2.05, 4.69) is 143 Å². The van der Waals surface area contributed by atoms with E-state index < -0.39 is 0 Å². The molecule has 253 valence electrons. The minimum Gasteiger partial charge on any atom is -1.00 e. The van der Waals surface area contributed by atoms with Crippen molar-refractivity contribution in [1.82, 2.24) is 0 Å². The van der Waals surface area contributed by atoms with Crippen LogP contribution in [0.4, 0.5) is 17.1 Å². The zero-order valence-corrected chi connectivity index (χ0v) is 32.7. The largest absolute Gasteiger partial charge is 1.00 e. The topological polar surface area (TPSA) is 19.0 Å². The maximum atomic E-state index is 6.64. The van der Waals surface area contributed by atoms with Gasteiger partial charge >= 0.3 is 276 Å². The van der Waals surface area contributed by atoms with Gasteiger partial charge in [0.15, 0.2) is 0 Å². The molecule has 5 rings (SSSR count). The summed E-state index contributed by atoms with van der Waals surface area (Å²) < 4.78 is 9.47. The maximum absolute atomic E-state index is 6.64. The maximum Gasteiger partial charge on any atom is -1.00 e. The van der Waals surface area contributed by atoms with E-state index in [1.54, 1.807) is 0 Å². The summed E-state index contributed by atoms with van der Waals surface area (Å²) in [6.45, 7) is 24.1. The van der Waals surface area contributed by atoms with Crippen molar-refractivity contribution in [3.05, 3.63) is 82.4 Å². The van der Waals surface area contributed by atoms with Crippen LogP contribution >= 0.6 is 0 Å². The third kappa shape index (κ3) is 7.63. The first-order chi connectivity index (χ1) is 21.0. The minimum absolute atomic E-state index is 0. The summed E-state index contributed by atoms with van der Waals surface area (Å²) in [7, 11) is 2.20. The Kier molecular flexibility index (Phi) is 13.6. The van der Waals surface area contributed by atoms with Crippen LogP contribution in [-0.2, 0) is 16.7 Å². The fraction of sp³-hybridized carbons (Fsp3) is 0.513. The summed E-state index contributed by atoms with van der Waals surface area (Å²) in [5, 5.41) is 0. The first kappa shape index (κ1) is 38.4. The Balaban J connectivity index is 0.00000288. The van der Waals surface area contributed by atoms with Crippen molar-refractivity contribution in [3.8, 4) is 5.75 Å². The van der Waals surface area contributed by atoms with Gasteiger partial charge in [0, 0.05) is 0 Å². The van der Waals surface area contributed by atoms with Gasteiger partial charge < -0.3 is 24.8 Å². The molecule has 3 aromatic carbocycles. The van der Waals surface area contributed by atoms with Crippen molar-refractivity contribution in [3.63, 3.8) is 0 Å². The normalized spacial score (nSPS) is 16.8. The monoisotopic (exact) mass is 752 g/mol. The molecule has 0 amide bonds. The molecule has 0 saturated carbocycles. The number of anilines is 3. The first-order valence-corrected chi connectivity index (χ1v) is 18.8. The Morgan fingerprint density at radius 3 is 1.57 bits per heavy atom. The number of halogens is 2. The molecule has 0 radical (unpaired) electrons. The van der Waals surface area contributed by atoms with Crippen molar-refractivity contribution < 1.29 is 46.2 Å². The second-order valence-corrected chi connectivity index (χ2v) is 15.8. The Bertz CT molecular complexity index is 1360. The number of likely N-dealkylation sites (N-methyl/N-ethyl adjacent to an activating group) is 1. The van der Waals surface area contributed by atoms with Crippen molar-refractivity contribution in [2.24, 2.45) is 0 Å². The first-order valence-electron chi connectivity index (χ1n) is 16.7. The number of ether oxygens (including phenoxy) is 1. The average molecular weight is 753 g/mol. The number of benzene rings is 3. The number of hydrogen-bond acceptors (Lipinski definition) is 4. The Labute approximate surface area is 299 Å². The van der Waals surface area contributed by atoms with Gasteiger partial charge in [0.2, 0.25) is 0 Å². The van der Waals surface area contributed by atoms with E-state index in [0.29, 0.717) is 23.7 Å². The van der Waals surface area contributed by atoms with Gasteiger partial charge in [-0.1, -0.05) is 0 Å². The van der Waals surface area contributed by atoms with Crippen molar-refractivity contribution in [2.45, 2.75) is 103 Å². The van der Waals surface area contributed by atoms with Gasteiger partial charge in [0.1, 0.15) is 0 Å². The van der Waals surface area contributed by atoms with E-state index in [9.17, 15) is 0 Å². The summed E-state index contributed by atoms with van der Waals surface area (Å²) in [6, 6.07) is 20.7. The van der Waals surface area contributed by atoms with Crippen LogP contribution in [0.3, 0.4) is 0 Å². The summed E-state index contributed by atoms with van der Waals surface area (Å²) in [6.07, 6.45) is 1.25. The van der Waals surface area contributed by atoms with Crippen LogP contribution in [-0.4, -0.2) is 42.2 Å². The third-order valence-electron chi connectivity index (χ3n) is 9.27. The van der Waals surface area contributed by atoms with Gasteiger partial charge in [-0.3, -0.25) is 0 Å². The molecule has 7 heteroatoms. The SMILES string of the molecule is CCC1CN(C)c2cccc(/[CH]=[Ru+2]/[CH]3N(c4c(C(C)C)cccc4C(C)C)CCN3c3c(C(C)C)cccc3C(C)C)c2O1.[Cl-].[Cl-]. The van der Waals surface area contributed by atoms with Crippen molar-refractivity contribution in [2.75, 3.05) is 41.4 Å². The second kappa shape index (κ2) is 16.4. The van der Waals surface area contributed by atoms with E-state index >= 15 is 0 Å². The molecule has 2 heterocycles. The molecule has 3 aromatic rings. The molecule has 46 heavy (non-hydrogen) atoms. The number of nitrogens with zero attached hydrogens (tertiary/aromatic N) is 3. The fourth-order valence-electron chi connectivity index (χ4n) is 6.82. The van der Waals surface area contributed by atoms with Crippen LogP contribution in [0.15, 0.2) is 54.6 Å². The Morgan fingerprint density at radius 1 is 0.717 bits per heavy atom. The zero-order chi connectivity index (χ0) is 31.7. The van der Waals surface area contributed by atoms with Crippen molar-refractivity contribution in [1.29, 1.82) is 0 Å². The molecule has 0 bridgehead atoms. The number of para-hydroxylation sites is 3. The van der Waals surface area contributed by atoms with E-state index in [1.807, 2.05) is 0 Å². The third-order valence-corrected chi connectivity index (χ3v) is 11.7. The van der Waals surface area contributed by atoms with E-state index in [0.717, 1.165) is 31.8 Å². The van der Waals surface area contributed by atoms with Gasteiger partial charge in [0.25, 0.3) is 0 Å². The summed E-state index contributed by atoms with van der Waals surface area (Å²) in [5.41, 5.74) is 11.3. The standard InChI is InChI=1S/C27H39N2.C12H15NO.2ClH.Ru/c1-18(2)22-11-9-12-23(19(3)4)26(22)28-15-16-29(17-28)27-24(20(5)6)13-10-14-25(27)21(7)8;1-4-10-8-13(3)11-7-5-6-9(2)12(11)14-10;;;/h9-14,17-21H,15-16H2,1-8H3;2,5-7,10H,4,8H2,1,3H3;2*1H;/q;;;;+2/p-2. The predicted octanol–water partition coefficient (Wildman–Crippen LogP) is 3.34. The Morgan fingerprint density at radius 2 is 1.15 bits per heavy atom. The zero-order valence-electron chi connectivity index (χ0n) is 29.4. The van der Waals surface area contributed by atoms with E-state index in [-0.39, 0.29) is 52.4 Å². The molecule has 1 unspecified atom stereocenters. The predicted molar refractivity (Wildman–Crippen MR) is 187 cm³/mol. The summed E-state index contributed by atoms with van der Waals surface area (Å²) in [5.74, 6) is 2.91. The Hall–Kier alpha value is -2.07. The quantitative estimate of drug-likeness (QED) is 0.313. The number of fused-ring (bicyclic) bond motifs is 1. The summed E-state index contributed by atoms with van der Waals surface area (Å²) in [4.78, 5) is 7.95. The molecule has 1 saturated heterocycles. The van der Waals surface area contributed by atoms with Gasteiger partial charge in [0.05, 0.1) is 0 Å². The molecular weight excluding hydrogens is 698 g/mol. The van der Waals surface area contributed by atoms with Crippen LogP contribution in [0.1, 0.15) is 120 Å². The molecule has 0 aromatic heterocycles. The smallest absolute Gasteiger partial charge is 1.00 e. The molecule has 0 spiro atoms. The van der Waals surface area contributed by atoms with Crippen molar-refractivity contribution >= 4 is 21.7 Å². The molecular formula is C39H54Cl2N3ORu. The van der Waals surface area contributed by atoms with Crippen LogP contribution < -0.4 is 44.3 Å². The second-order valence-electron chi connectivity index (χ2n) is 13.8. The van der Waals surface area contributed by atoms with Gasteiger partial charge in [-0.15, -0.1) is 0 Å². The molecule has 1 fully saturated rings. The number of hydrogen-bond donors (Lipinski definition) is 0. The molecule has 0 aliphatic carbocycles. The average Bonchev–Trinajstić information content (AvgIpc) is 3.42. The molecule has 2 aliphatic rings. The molecule has 1 atom stereocenters.